The first-order valence-electron chi connectivity index (χ1n) is 8.55. The number of aryl methyl sites for hydroxylation is 3. The Balaban J connectivity index is 1.68. The van der Waals surface area contributed by atoms with Crippen molar-refractivity contribution in [1.82, 2.24) is 0 Å². The molecule has 0 saturated heterocycles. The molecule has 0 aliphatic rings. The maximum Gasteiger partial charge on any atom is 0.122 e. The Morgan fingerprint density at radius 2 is 1.42 bits per heavy atom. The highest BCUT2D eigenvalue weighted by atomic mass is 16.5. The maximum atomic E-state index is 5.87. The molecule has 0 fully saturated rings. The Bertz CT molecular complexity index is 592. The normalized spacial score (nSPS) is 10.5. The first-order valence-corrected chi connectivity index (χ1v) is 8.55. The van der Waals surface area contributed by atoms with Crippen LogP contribution in [0.5, 0.6) is 17.2 Å². The Morgan fingerprint density at radius 1 is 0.750 bits per heavy atom. The second-order valence-electron chi connectivity index (χ2n) is 6.08. The molecule has 0 aliphatic carbocycles. The van der Waals surface area contributed by atoms with E-state index in [4.69, 9.17) is 14.2 Å². The maximum absolute atomic E-state index is 5.87. The summed E-state index contributed by atoms with van der Waals surface area (Å²) in [6.45, 7) is 4.95. The number of methoxy groups -OCH3 is 2. The van der Waals surface area contributed by atoms with Gasteiger partial charge in [-0.05, 0) is 86.6 Å². The van der Waals surface area contributed by atoms with Crippen molar-refractivity contribution in [3.63, 3.8) is 0 Å². The molecule has 3 nitrogen and oxygen atoms in total. The lowest BCUT2D eigenvalue weighted by Gasteiger charge is -2.11. The fourth-order valence-corrected chi connectivity index (χ4v) is 2.76. The van der Waals surface area contributed by atoms with E-state index in [2.05, 4.69) is 19.1 Å². The van der Waals surface area contributed by atoms with Crippen LogP contribution in [0.1, 0.15) is 36.0 Å². The minimum Gasteiger partial charge on any atom is -0.497 e. The predicted octanol–water partition coefficient (Wildman–Crippen LogP) is 5.11. The lowest BCUT2D eigenvalue weighted by molar-refractivity contribution is 0.302. The van der Waals surface area contributed by atoms with Gasteiger partial charge in [-0.2, -0.15) is 0 Å². The summed E-state index contributed by atoms with van der Waals surface area (Å²) in [5, 5.41) is 0. The van der Waals surface area contributed by atoms with Crippen LogP contribution in [-0.4, -0.2) is 20.8 Å². The zero-order chi connectivity index (χ0) is 17.4. The largest absolute Gasteiger partial charge is 0.497 e. The molecule has 0 saturated carbocycles. The molecule has 0 aliphatic heterocycles. The number of hydrogen-bond donors (Lipinski definition) is 0. The molecule has 2 rings (SSSR count). The molecule has 0 aromatic heterocycles. The van der Waals surface area contributed by atoms with Crippen LogP contribution in [0.25, 0.3) is 0 Å². The average Bonchev–Trinajstić information content (AvgIpc) is 2.60. The second-order valence-corrected chi connectivity index (χ2v) is 6.08. The van der Waals surface area contributed by atoms with E-state index in [-0.39, 0.29) is 0 Å². The zero-order valence-corrected chi connectivity index (χ0v) is 15.2. The molecule has 2 aromatic carbocycles. The molecular formula is C21H28O3. The quantitative estimate of drug-likeness (QED) is 0.599. The van der Waals surface area contributed by atoms with Crippen molar-refractivity contribution in [1.29, 1.82) is 0 Å². The number of ether oxygens (including phenoxy) is 3. The smallest absolute Gasteiger partial charge is 0.122 e. The van der Waals surface area contributed by atoms with Gasteiger partial charge in [0.2, 0.25) is 0 Å². The minimum atomic E-state index is 0.759. The lowest BCUT2D eigenvalue weighted by atomic mass is 10.0. The van der Waals surface area contributed by atoms with Crippen LogP contribution in [0.15, 0.2) is 36.4 Å². The van der Waals surface area contributed by atoms with Crippen molar-refractivity contribution in [3.8, 4) is 17.2 Å². The third-order valence-corrected chi connectivity index (χ3v) is 4.28. The van der Waals surface area contributed by atoms with Gasteiger partial charge in [-0.15, -0.1) is 0 Å². The minimum absolute atomic E-state index is 0.759. The SMILES string of the molecule is COc1ccc(CCCCCOc2ccc(OC)cc2C)c(C)c1. The van der Waals surface area contributed by atoms with E-state index >= 15 is 0 Å². The van der Waals surface area contributed by atoms with Crippen molar-refractivity contribution < 1.29 is 14.2 Å². The van der Waals surface area contributed by atoms with Gasteiger partial charge >= 0.3 is 0 Å². The zero-order valence-electron chi connectivity index (χ0n) is 15.2. The summed E-state index contributed by atoms with van der Waals surface area (Å²) in [5.41, 5.74) is 3.82. The van der Waals surface area contributed by atoms with E-state index < -0.39 is 0 Å². The van der Waals surface area contributed by atoms with Crippen LogP contribution >= 0.6 is 0 Å². The molecule has 0 amide bonds. The Morgan fingerprint density at radius 3 is 2.04 bits per heavy atom. The molecule has 0 N–H and O–H groups in total. The van der Waals surface area contributed by atoms with Gasteiger partial charge in [0, 0.05) is 0 Å². The number of rotatable bonds is 9. The standard InChI is InChI=1S/C21H28O3/c1-16-14-19(22-3)10-9-18(16)8-6-5-7-13-24-21-12-11-20(23-4)15-17(21)2/h9-12,14-15H,5-8,13H2,1-4H3. The number of hydrogen-bond acceptors (Lipinski definition) is 3. The number of unbranched alkanes of at least 4 members (excludes halogenated alkanes) is 2. The Kier molecular flexibility index (Phi) is 6.98. The van der Waals surface area contributed by atoms with Crippen molar-refractivity contribution in [2.75, 3.05) is 20.8 Å². The molecule has 0 atom stereocenters. The fraction of sp³-hybridized carbons (Fsp3) is 0.429. The van der Waals surface area contributed by atoms with Crippen LogP contribution in [-0.2, 0) is 6.42 Å². The molecular weight excluding hydrogens is 300 g/mol. The fourth-order valence-electron chi connectivity index (χ4n) is 2.76. The van der Waals surface area contributed by atoms with Crippen molar-refractivity contribution in [2.24, 2.45) is 0 Å². The van der Waals surface area contributed by atoms with Crippen molar-refractivity contribution >= 4 is 0 Å². The highest BCUT2D eigenvalue weighted by Gasteiger charge is 2.03. The van der Waals surface area contributed by atoms with Crippen LogP contribution in [0.3, 0.4) is 0 Å². The predicted molar refractivity (Wildman–Crippen MR) is 98.5 cm³/mol. The average molecular weight is 328 g/mol. The highest BCUT2D eigenvalue weighted by molar-refractivity contribution is 5.39. The molecule has 0 bridgehead atoms. The van der Waals surface area contributed by atoms with E-state index in [1.807, 2.05) is 31.2 Å². The lowest BCUT2D eigenvalue weighted by Crippen LogP contribution is -2.00. The third-order valence-electron chi connectivity index (χ3n) is 4.28. The molecule has 0 radical (unpaired) electrons. The van der Waals surface area contributed by atoms with E-state index in [9.17, 15) is 0 Å². The summed E-state index contributed by atoms with van der Waals surface area (Å²) in [7, 11) is 3.39. The van der Waals surface area contributed by atoms with Gasteiger partial charge in [-0.3, -0.25) is 0 Å². The Hall–Kier alpha value is -2.16. The van der Waals surface area contributed by atoms with Gasteiger partial charge in [0.05, 0.1) is 20.8 Å². The van der Waals surface area contributed by atoms with E-state index in [1.54, 1.807) is 14.2 Å². The summed E-state index contributed by atoms with van der Waals surface area (Å²) in [5.74, 6) is 2.75. The molecule has 0 unspecified atom stereocenters. The van der Waals surface area contributed by atoms with Gasteiger partial charge < -0.3 is 14.2 Å². The Labute approximate surface area is 145 Å². The van der Waals surface area contributed by atoms with Crippen LogP contribution < -0.4 is 14.2 Å². The van der Waals surface area contributed by atoms with Gasteiger partial charge in [-0.1, -0.05) is 6.07 Å². The summed E-state index contributed by atoms with van der Waals surface area (Å²) in [6, 6.07) is 12.2. The van der Waals surface area contributed by atoms with Crippen LogP contribution in [0, 0.1) is 13.8 Å². The van der Waals surface area contributed by atoms with Gasteiger partial charge in [0.15, 0.2) is 0 Å². The summed E-state index contributed by atoms with van der Waals surface area (Å²) < 4.78 is 16.3. The monoisotopic (exact) mass is 328 g/mol. The molecule has 130 valence electrons. The van der Waals surface area contributed by atoms with E-state index in [1.165, 1.54) is 24.0 Å². The van der Waals surface area contributed by atoms with Gasteiger partial charge in [0.1, 0.15) is 17.2 Å². The summed E-state index contributed by atoms with van der Waals surface area (Å²) in [4.78, 5) is 0. The molecule has 24 heavy (non-hydrogen) atoms. The molecule has 0 heterocycles. The summed E-state index contributed by atoms with van der Waals surface area (Å²) in [6.07, 6.45) is 4.52. The van der Waals surface area contributed by atoms with Gasteiger partial charge in [0.25, 0.3) is 0 Å². The van der Waals surface area contributed by atoms with Gasteiger partial charge in [-0.25, -0.2) is 0 Å². The first kappa shape index (κ1) is 18.2. The third kappa shape index (κ3) is 5.19. The topological polar surface area (TPSA) is 27.7 Å². The van der Waals surface area contributed by atoms with E-state index in [0.29, 0.717) is 0 Å². The second kappa shape index (κ2) is 9.21. The molecule has 2 aromatic rings. The highest BCUT2D eigenvalue weighted by Crippen LogP contribution is 2.23. The van der Waals surface area contributed by atoms with Crippen molar-refractivity contribution in [2.45, 2.75) is 39.5 Å². The molecule has 3 heteroatoms. The van der Waals surface area contributed by atoms with Crippen LogP contribution in [0.2, 0.25) is 0 Å². The number of benzene rings is 2. The van der Waals surface area contributed by atoms with Crippen molar-refractivity contribution in [3.05, 3.63) is 53.1 Å². The van der Waals surface area contributed by atoms with E-state index in [0.717, 1.165) is 42.3 Å². The summed E-state index contributed by atoms with van der Waals surface area (Å²) >= 11 is 0. The molecule has 0 spiro atoms. The van der Waals surface area contributed by atoms with Crippen LogP contribution in [0.4, 0.5) is 0 Å². The first-order chi connectivity index (χ1) is 11.6.